The third kappa shape index (κ3) is 29.0. The Kier molecular flexibility index (Phi) is 35.3. The molecule has 1 aromatic rings. The Morgan fingerprint density at radius 3 is 1.00 bits per heavy atom. The van der Waals surface area contributed by atoms with E-state index in [-0.39, 0.29) is 0 Å². The molecule has 0 fully saturated rings. The predicted octanol–water partition coefficient (Wildman–Crippen LogP) is 15.8. The molecule has 0 aliphatic carbocycles. The summed E-state index contributed by atoms with van der Waals surface area (Å²) in [5.74, 6) is 1.61. The third-order valence-corrected chi connectivity index (χ3v) is 11.1. The first-order valence-corrected chi connectivity index (χ1v) is 22.9. The van der Waals surface area contributed by atoms with Crippen molar-refractivity contribution in [2.24, 2.45) is 0 Å². The summed E-state index contributed by atoms with van der Waals surface area (Å²) in [5.41, 5.74) is 0. The second-order valence-corrected chi connectivity index (χ2v) is 15.9. The number of rotatable bonds is 40. The summed E-state index contributed by atoms with van der Waals surface area (Å²) in [7, 11) is 0. The Hall–Kier alpha value is -0.790. The molecule has 0 spiro atoms. The minimum absolute atomic E-state index is 1.23. The molecule has 0 bridgehead atoms. The fourth-order valence-electron chi connectivity index (χ4n) is 7.74. The van der Waals surface area contributed by atoms with Gasteiger partial charge in [0.1, 0.15) is 12.4 Å². The van der Waals surface area contributed by atoms with Crippen molar-refractivity contribution >= 4 is 0 Å². The number of aromatic nitrogens is 2. The average molecular weight is 672 g/mol. The molecular weight excluding hydrogens is 581 g/mol. The van der Waals surface area contributed by atoms with Crippen LogP contribution in [-0.4, -0.2) is 4.57 Å². The van der Waals surface area contributed by atoms with Crippen molar-refractivity contribution in [3.05, 3.63) is 18.2 Å². The number of hydrogen-bond acceptors (Lipinski definition) is 0. The first-order valence-electron chi connectivity index (χ1n) is 22.9. The van der Waals surface area contributed by atoms with Crippen LogP contribution in [0.1, 0.15) is 264 Å². The van der Waals surface area contributed by atoms with E-state index in [2.05, 4.69) is 42.3 Å². The highest BCUT2D eigenvalue weighted by atomic mass is 15.1. The third-order valence-electron chi connectivity index (χ3n) is 11.1. The molecule has 0 atom stereocenters. The van der Waals surface area contributed by atoms with E-state index in [1.165, 1.54) is 257 Å². The van der Waals surface area contributed by atoms with Crippen molar-refractivity contribution in [3.63, 3.8) is 0 Å². The van der Waals surface area contributed by atoms with Crippen LogP contribution >= 0.6 is 0 Å². The molecule has 1 aromatic heterocycles. The summed E-state index contributed by atoms with van der Waals surface area (Å²) in [4.78, 5) is 0. The molecule has 0 aliphatic heterocycles. The fraction of sp³-hybridized carbons (Fsp3) is 0.935. The van der Waals surface area contributed by atoms with Crippen molar-refractivity contribution < 1.29 is 4.57 Å². The molecule has 1 rings (SSSR count). The lowest BCUT2D eigenvalue weighted by Crippen LogP contribution is -2.37. The van der Waals surface area contributed by atoms with E-state index < -0.39 is 0 Å². The standard InChI is InChI=1S/C46H91N2/c1-4-7-10-12-14-16-18-20-22-24-26-28-30-32-34-36-39-42-47-44-45-48(46(47)41-38-9-6-3)43-40-37-35-33-31-29-27-25-23-21-19-17-15-13-11-8-5-2/h44-45H,4-43H2,1-3H3/q+1. The summed E-state index contributed by atoms with van der Waals surface area (Å²) in [5, 5.41) is 0. The largest absolute Gasteiger partial charge is 0.256 e. The lowest BCUT2D eigenvalue weighted by molar-refractivity contribution is -0.704. The summed E-state index contributed by atoms with van der Waals surface area (Å²) >= 11 is 0. The van der Waals surface area contributed by atoms with Gasteiger partial charge in [0, 0.05) is 6.42 Å². The molecule has 0 radical (unpaired) electrons. The van der Waals surface area contributed by atoms with E-state index in [0.717, 1.165) is 0 Å². The van der Waals surface area contributed by atoms with E-state index in [0.29, 0.717) is 0 Å². The van der Waals surface area contributed by atoms with Gasteiger partial charge in [-0.05, 0) is 32.1 Å². The van der Waals surface area contributed by atoms with Crippen LogP contribution < -0.4 is 4.57 Å². The summed E-state index contributed by atoms with van der Waals surface area (Å²) < 4.78 is 5.24. The van der Waals surface area contributed by atoms with Crippen LogP contribution in [0, 0.1) is 0 Å². The van der Waals surface area contributed by atoms with Gasteiger partial charge >= 0.3 is 0 Å². The molecule has 0 amide bonds. The zero-order chi connectivity index (χ0) is 34.4. The maximum absolute atomic E-state index is 2.62. The highest BCUT2D eigenvalue weighted by Gasteiger charge is 2.16. The molecule has 2 nitrogen and oxygen atoms in total. The van der Waals surface area contributed by atoms with Crippen molar-refractivity contribution in [2.45, 2.75) is 278 Å². The zero-order valence-corrected chi connectivity index (χ0v) is 33.8. The van der Waals surface area contributed by atoms with Gasteiger partial charge in [-0.15, -0.1) is 0 Å². The molecule has 48 heavy (non-hydrogen) atoms. The molecule has 2 heteroatoms. The Morgan fingerprint density at radius 1 is 0.354 bits per heavy atom. The quantitative estimate of drug-likeness (QED) is 0.0485. The van der Waals surface area contributed by atoms with Gasteiger partial charge in [-0.3, -0.25) is 0 Å². The number of unbranched alkanes of at least 4 members (excludes halogenated alkanes) is 34. The second-order valence-electron chi connectivity index (χ2n) is 15.9. The van der Waals surface area contributed by atoms with Crippen LogP contribution in [0.15, 0.2) is 12.4 Å². The van der Waals surface area contributed by atoms with Crippen LogP contribution in [0.4, 0.5) is 0 Å². The Bertz CT molecular complexity index is 681. The Morgan fingerprint density at radius 2 is 0.646 bits per heavy atom. The van der Waals surface area contributed by atoms with Gasteiger partial charge in [0.15, 0.2) is 0 Å². The average Bonchev–Trinajstić information content (AvgIpc) is 3.48. The highest BCUT2D eigenvalue weighted by Crippen LogP contribution is 2.16. The minimum Gasteiger partial charge on any atom is -0.234 e. The predicted molar refractivity (Wildman–Crippen MR) is 216 cm³/mol. The van der Waals surface area contributed by atoms with Gasteiger partial charge in [-0.2, -0.15) is 0 Å². The molecular formula is C46H91N2+. The molecule has 284 valence electrons. The van der Waals surface area contributed by atoms with Crippen LogP contribution in [0.2, 0.25) is 0 Å². The molecule has 1 heterocycles. The number of hydrogen-bond donors (Lipinski definition) is 0. The summed E-state index contributed by atoms with van der Waals surface area (Å²) in [6.45, 7) is 9.41. The van der Waals surface area contributed by atoms with Gasteiger partial charge in [0.05, 0.1) is 13.1 Å². The smallest absolute Gasteiger partial charge is 0.234 e. The van der Waals surface area contributed by atoms with Crippen LogP contribution in [0.3, 0.4) is 0 Å². The van der Waals surface area contributed by atoms with Crippen LogP contribution in [0.25, 0.3) is 0 Å². The van der Waals surface area contributed by atoms with E-state index in [1.54, 1.807) is 5.82 Å². The monoisotopic (exact) mass is 672 g/mol. The van der Waals surface area contributed by atoms with Crippen molar-refractivity contribution in [2.75, 3.05) is 0 Å². The van der Waals surface area contributed by atoms with Crippen LogP contribution in [0.5, 0.6) is 0 Å². The number of nitrogens with zero attached hydrogens (tertiary/aromatic N) is 2. The van der Waals surface area contributed by atoms with E-state index in [4.69, 9.17) is 0 Å². The Labute approximate surface area is 304 Å². The number of aryl methyl sites for hydroxylation is 2. The van der Waals surface area contributed by atoms with Crippen LogP contribution in [-0.2, 0) is 19.5 Å². The first-order chi connectivity index (χ1) is 23.8. The molecule has 0 N–H and O–H groups in total. The second kappa shape index (κ2) is 37.5. The van der Waals surface area contributed by atoms with Crippen molar-refractivity contribution in [1.29, 1.82) is 0 Å². The van der Waals surface area contributed by atoms with E-state index in [1.807, 2.05) is 0 Å². The Balaban J connectivity index is 2.03. The molecule has 0 aromatic carbocycles. The van der Waals surface area contributed by atoms with E-state index >= 15 is 0 Å². The van der Waals surface area contributed by atoms with Crippen molar-refractivity contribution in [3.8, 4) is 0 Å². The SMILES string of the molecule is CCCCCCCCCCCCCCCCCCCn1cc[n+](CCCCCCCCCCCCCCCCCCC)c1CCCCC. The lowest BCUT2D eigenvalue weighted by Gasteiger charge is -2.07. The van der Waals surface area contributed by atoms with Gasteiger partial charge in [0.25, 0.3) is 5.82 Å². The minimum atomic E-state index is 1.23. The summed E-state index contributed by atoms with van der Waals surface area (Å²) in [6, 6.07) is 0. The topological polar surface area (TPSA) is 8.81 Å². The van der Waals surface area contributed by atoms with Gasteiger partial charge in [-0.25, -0.2) is 9.13 Å². The maximum atomic E-state index is 2.62. The van der Waals surface area contributed by atoms with E-state index in [9.17, 15) is 0 Å². The fourth-order valence-corrected chi connectivity index (χ4v) is 7.74. The number of imidazole rings is 1. The normalized spacial score (nSPS) is 11.6. The zero-order valence-electron chi connectivity index (χ0n) is 33.8. The van der Waals surface area contributed by atoms with Crippen molar-refractivity contribution in [1.82, 2.24) is 4.57 Å². The molecule has 0 unspecified atom stereocenters. The highest BCUT2D eigenvalue weighted by molar-refractivity contribution is 4.84. The van der Waals surface area contributed by atoms with Gasteiger partial charge in [0.2, 0.25) is 0 Å². The lowest BCUT2D eigenvalue weighted by atomic mass is 10.0. The summed E-state index contributed by atoms with van der Waals surface area (Å²) in [6.07, 6.45) is 59.4. The van der Waals surface area contributed by atoms with Gasteiger partial charge < -0.3 is 0 Å². The molecule has 0 saturated heterocycles. The maximum Gasteiger partial charge on any atom is 0.256 e. The molecule has 0 aliphatic rings. The molecule has 0 saturated carbocycles. The van der Waals surface area contributed by atoms with Gasteiger partial charge in [-0.1, -0.05) is 226 Å². The first kappa shape index (κ1) is 45.2.